The van der Waals surface area contributed by atoms with E-state index in [-0.39, 0.29) is 54.4 Å². The molecule has 7 nitrogen and oxygen atoms in total. The quantitative estimate of drug-likeness (QED) is 0.231. The number of halogens is 9. The van der Waals surface area contributed by atoms with Gasteiger partial charge in [-0.2, -0.15) is 54.5 Å². The number of rotatable bonds is 5. The molecule has 0 unspecified atom stereocenters. The van der Waals surface area contributed by atoms with Gasteiger partial charge in [0.15, 0.2) is 5.82 Å². The molecule has 0 bridgehead atoms. The first-order valence-electron chi connectivity index (χ1n) is 13.0. The number of anilines is 4. The zero-order chi connectivity index (χ0) is 31.9. The minimum absolute atomic E-state index is 0.0307. The van der Waals surface area contributed by atoms with E-state index in [4.69, 9.17) is 0 Å². The average molecular weight is 628 g/mol. The maximum absolute atomic E-state index is 13.6. The summed E-state index contributed by atoms with van der Waals surface area (Å²) in [7, 11) is 0. The Hall–Kier alpha value is -4.63. The summed E-state index contributed by atoms with van der Waals surface area (Å²) >= 11 is 0. The summed E-state index contributed by atoms with van der Waals surface area (Å²) in [4.78, 5) is 20.2. The van der Waals surface area contributed by atoms with Crippen molar-refractivity contribution in [1.29, 1.82) is 0 Å². The van der Waals surface area contributed by atoms with E-state index < -0.39 is 41.3 Å². The van der Waals surface area contributed by atoms with E-state index in [1.54, 1.807) is 11.8 Å². The number of alkyl halides is 9. The Morgan fingerprint density at radius 3 is 1.91 bits per heavy atom. The highest BCUT2D eigenvalue weighted by Gasteiger charge is 2.38. The molecule has 2 aromatic heterocycles. The van der Waals surface area contributed by atoms with Gasteiger partial charge in [-0.3, -0.25) is 0 Å². The number of hydrogen-bond donors (Lipinski definition) is 1. The number of piperazine rings is 1. The van der Waals surface area contributed by atoms with Crippen LogP contribution in [0.15, 0.2) is 66.9 Å². The number of nitrogens with one attached hydrogen (secondary N) is 1. The van der Waals surface area contributed by atoms with Crippen molar-refractivity contribution in [2.45, 2.75) is 31.5 Å². The highest BCUT2D eigenvalue weighted by Crippen LogP contribution is 2.37. The lowest BCUT2D eigenvalue weighted by Gasteiger charge is -2.41. The van der Waals surface area contributed by atoms with Gasteiger partial charge in [-0.05, 0) is 55.5 Å². The summed E-state index contributed by atoms with van der Waals surface area (Å²) in [5, 5.41) is 2.80. The zero-order valence-corrected chi connectivity index (χ0v) is 22.6. The van der Waals surface area contributed by atoms with Crippen LogP contribution in [0.1, 0.15) is 23.6 Å². The molecule has 232 valence electrons. The summed E-state index contributed by atoms with van der Waals surface area (Å²) in [6.07, 6.45) is -12.5. The van der Waals surface area contributed by atoms with Crippen molar-refractivity contribution in [2.24, 2.45) is 0 Å². The number of nitrogens with zero attached hydrogens (tertiary/aromatic N) is 6. The lowest BCUT2D eigenvalue weighted by Crippen LogP contribution is -2.53. The fraction of sp³-hybridized carbons (Fsp3) is 0.286. The molecule has 1 saturated heterocycles. The van der Waals surface area contributed by atoms with Crippen molar-refractivity contribution >= 4 is 23.4 Å². The molecule has 0 radical (unpaired) electrons. The van der Waals surface area contributed by atoms with E-state index in [0.717, 1.165) is 42.5 Å². The van der Waals surface area contributed by atoms with E-state index in [0.29, 0.717) is 0 Å². The SMILES string of the molecule is C[C@H]1CN(c2ncccc2C(F)(F)F)CCN1c1nc(Nc2ccc(C(F)(F)F)cc2)nc(-c2ccc(C(F)(F)F)cc2)n1. The third-order valence-electron chi connectivity index (χ3n) is 6.84. The van der Waals surface area contributed by atoms with Crippen molar-refractivity contribution in [3.05, 3.63) is 83.6 Å². The first-order chi connectivity index (χ1) is 20.6. The van der Waals surface area contributed by atoms with Gasteiger partial charge >= 0.3 is 18.5 Å². The molecule has 1 fully saturated rings. The number of aromatic nitrogens is 4. The van der Waals surface area contributed by atoms with Crippen LogP contribution in [-0.4, -0.2) is 45.6 Å². The standard InChI is InChI=1S/C28H22F9N7/c1-16-15-43(23-21(28(35,36)37)3-2-12-38-23)13-14-44(16)25-41-22(17-4-6-18(7-5-17)26(29,30)31)40-24(42-25)39-20-10-8-19(9-11-20)27(32,33)34/h2-12,16H,13-15H2,1H3,(H,39,40,41,42)/t16-/m0/s1. The fourth-order valence-corrected chi connectivity index (χ4v) is 4.68. The van der Waals surface area contributed by atoms with Crippen LogP contribution >= 0.6 is 0 Å². The summed E-state index contributed by atoms with van der Waals surface area (Å²) in [6.45, 7) is 2.08. The van der Waals surface area contributed by atoms with Gasteiger partial charge in [-0.15, -0.1) is 0 Å². The molecular formula is C28H22F9N7. The fourth-order valence-electron chi connectivity index (χ4n) is 4.68. The molecule has 1 atom stereocenters. The predicted molar refractivity (Wildman–Crippen MR) is 143 cm³/mol. The molecule has 1 aliphatic heterocycles. The number of pyridine rings is 1. The van der Waals surface area contributed by atoms with E-state index in [2.05, 4.69) is 25.3 Å². The molecule has 4 aromatic rings. The van der Waals surface area contributed by atoms with Crippen molar-refractivity contribution in [1.82, 2.24) is 19.9 Å². The Morgan fingerprint density at radius 1 is 0.727 bits per heavy atom. The van der Waals surface area contributed by atoms with Crippen molar-refractivity contribution in [3.63, 3.8) is 0 Å². The number of hydrogen-bond acceptors (Lipinski definition) is 7. The normalized spacial score (nSPS) is 16.3. The average Bonchev–Trinajstić information content (AvgIpc) is 2.96. The summed E-state index contributed by atoms with van der Waals surface area (Å²) in [5.74, 6) is -0.300. The lowest BCUT2D eigenvalue weighted by atomic mass is 10.1. The minimum Gasteiger partial charge on any atom is -0.352 e. The second kappa shape index (κ2) is 11.5. The second-order valence-electron chi connectivity index (χ2n) is 9.92. The monoisotopic (exact) mass is 627 g/mol. The van der Waals surface area contributed by atoms with Gasteiger partial charge in [0.05, 0.1) is 16.7 Å². The van der Waals surface area contributed by atoms with Gasteiger partial charge in [0.2, 0.25) is 11.9 Å². The van der Waals surface area contributed by atoms with Gasteiger partial charge in [-0.1, -0.05) is 12.1 Å². The lowest BCUT2D eigenvalue weighted by molar-refractivity contribution is -0.138. The maximum Gasteiger partial charge on any atom is 0.419 e. The van der Waals surface area contributed by atoms with Crippen LogP contribution in [0.25, 0.3) is 11.4 Å². The summed E-state index contributed by atoms with van der Waals surface area (Å²) in [5.41, 5.74) is -2.25. The first kappa shape index (κ1) is 30.8. The van der Waals surface area contributed by atoms with Gasteiger partial charge in [0.25, 0.3) is 0 Å². The Kier molecular flexibility index (Phi) is 8.03. The highest BCUT2D eigenvalue weighted by atomic mass is 19.4. The first-order valence-corrected chi connectivity index (χ1v) is 13.0. The van der Waals surface area contributed by atoms with E-state index in [1.165, 1.54) is 29.3 Å². The topological polar surface area (TPSA) is 70.1 Å². The van der Waals surface area contributed by atoms with Gasteiger partial charge in [0.1, 0.15) is 5.82 Å². The number of benzene rings is 2. The molecule has 1 aliphatic rings. The molecule has 5 rings (SSSR count). The third-order valence-corrected chi connectivity index (χ3v) is 6.84. The van der Waals surface area contributed by atoms with Crippen LogP contribution in [0.4, 0.5) is 62.9 Å². The van der Waals surface area contributed by atoms with Crippen molar-refractivity contribution < 1.29 is 39.5 Å². The molecule has 0 saturated carbocycles. The van der Waals surface area contributed by atoms with E-state index >= 15 is 0 Å². The minimum atomic E-state index is -4.62. The smallest absolute Gasteiger partial charge is 0.352 e. The van der Waals surface area contributed by atoms with Gasteiger partial charge < -0.3 is 15.1 Å². The molecule has 0 aliphatic carbocycles. The molecule has 44 heavy (non-hydrogen) atoms. The Labute approximate surface area is 244 Å². The Balaban J connectivity index is 1.47. The molecular weight excluding hydrogens is 605 g/mol. The van der Waals surface area contributed by atoms with Crippen LogP contribution in [-0.2, 0) is 18.5 Å². The van der Waals surface area contributed by atoms with Crippen LogP contribution in [0, 0.1) is 0 Å². The van der Waals surface area contributed by atoms with Crippen molar-refractivity contribution in [2.75, 3.05) is 34.8 Å². The molecule has 16 heteroatoms. The van der Waals surface area contributed by atoms with Crippen molar-refractivity contribution in [3.8, 4) is 11.4 Å². The Morgan fingerprint density at radius 2 is 1.34 bits per heavy atom. The van der Waals surface area contributed by atoms with Crippen LogP contribution in [0.2, 0.25) is 0 Å². The van der Waals surface area contributed by atoms with Gasteiger partial charge in [0, 0.05) is 43.1 Å². The van der Waals surface area contributed by atoms with E-state index in [9.17, 15) is 39.5 Å². The maximum atomic E-state index is 13.6. The molecule has 3 heterocycles. The van der Waals surface area contributed by atoms with Gasteiger partial charge in [-0.25, -0.2) is 4.98 Å². The summed E-state index contributed by atoms with van der Waals surface area (Å²) in [6, 6.07) is 9.77. The van der Waals surface area contributed by atoms with Crippen LogP contribution in [0.5, 0.6) is 0 Å². The molecule has 2 aromatic carbocycles. The van der Waals surface area contributed by atoms with Crippen LogP contribution in [0.3, 0.4) is 0 Å². The van der Waals surface area contributed by atoms with E-state index in [1.807, 2.05) is 0 Å². The highest BCUT2D eigenvalue weighted by molar-refractivity contribution is 5.62. The Bertz CT molecular complexity index is 1600. The second-order valence-corrected chi connectivity index (χ2v) is 9.92. The predicted octanol–water partition coefficient (Wildman–Crippen LogP) is 7.45. The summed E-state index contributed by atoms with van der Waals surface area (Å²) < 4.78 is 119. The molecule has 1 N–H and O–H groups in total. The largest absolute Gasteiger partial charge is 0.419 e. The molecule has 0 spiro atoms. The molecule has 0 amide bonds. The third kappa shape index (κ3) is 6.78. The van der Waals surface area contributed by atoms with Crippen LogP contribution < -0.4 is 15.1 Å². The zero-order valence-electron chi connectivity index (χ0n) is 22.6.